The molecule has 0 saturated carbocycles. The lowest BCUT2D eigenvalue weighted by molar-refractivity contribution is 0.103. The second-order valence-electron chi connectivity index (χ2n) is 6.07. The minimum Gasteiger partial charge on any atom is -0.493 e. The lowest BCUT2D eigenvalue weighted by atomic mass is 9.96. The van der Waals surface area contributed by atoms with Crippen LogP contribution in [0.1, 0.15) is 43.9 Å². The maximum Gasteiger partial charge on any atom is 0.128 e. The first-order valence-corrected chi connectivity index (χ1v) is 8.48. The Morgan fingerprint density at radius 1 is 1.27 bits per heavy atom. The van der Waals surface area contributed by atoms with Crippen LogP contribution in [0.5, 0.6) is 5.75 Å². The Bertz CT molecular complexity index is 488. The third kappa shape index (κ3) is 4.35. The zero-order valence-corrected chi connectivity index (χ0v) is 14.5. The highest BCUT2D eigenvalue weighted by molar-refractivity contribution is 6.30. The van der Waals surface area contributed by atoms with Gasteiger partial charge in [0.05, 0.1) is 12.7 Å². The van der Waals surface area contributed by atoms with Crippen molar-refractivity contribution in [3.63, 3.8) is 0 Å². The van der Waals surface area contributed by atoms with E-state index < -0.39 is 6.10 Å². The second-order valence-corrected chi connectivity index (χ2v) is 6.50. The Kier molecular flexibility index (Phi) is 6.50. The molecule has 0 bridgehead atoms. The van der Waals surface area contributed by atoms with Gasteiger partial charge in [0.15, 0.2) is 0 Å². The van der Waals surface area contributed by atoms with E-state index in [1.807, 2.05) is 19.1 Å². The van der Waals surface area contributed by atoms with Crippen molar-refractivity contribution in [1.29, 1.82) is 0 Å². The van der Waals surface area contributed by atoms with Crippen molar-refractivity contribution in [2.24, 2.45) is 0 Å². The molecule has 1 unspecified atom stereocenters. The molecule has 22 heavy (non-hydrogen) atoms. The van der Waals surface area contributed by atoms with Crippen LogP contribution < -0.4 is 10.1 Å². The number of benzene rings is 1. The Morgan fingerprint density at radius 2 is 1.91 bits per heavy atom. The number of piperazine rings is 1. The van der Waals surface area contributed by atoms with Gasteiger partial charge in [0.25, 0.3) is 0 Å². The molecule has 2 rings (SSSR count). The average molecular weight is 327 g/mol. The van der Waals surface area contributed by atoms with Gasteiger partial charge in [0.2, 0.25) is 0 Å². The van der Waals surface area contributed by atoms with Crippen molar-refractivity contribution in [2.45, 2.75) is 32.8 Å². The predicted molar refractivity (Wildman–Crippen MR) is 91.0 cm³/mol. The smallest absolute Gasteiger partial charge is 0.128 e. The Balaban J connectivity index is 2.26. The van der Waals surface area contributed by atoms with Crippen LogP contribution in [0.4, 0.5) is 0 Å². The summed E-state index contributed by atoms with van der Waals surface area (Å²) >= 11 is 6.26. The lowest BCUT2D eigenvalue weighted by Gasteiger charge is -2.30. The molecule has 1 aromatic carbocycles. The van der Waals surface area contributed by atoms with Gasteiger partial charge < -0.3 is 15.2 Å². The molecule has 1 atom stereocenters. The van der Waals surface area contributed by atoms with Crippen molar-refractivity contribution < 1.29 is 9.84 Å². The first kappa shape index (κ1) is 17.5. The molecule has 1 aliphatic rings. The molecule has 1 heterocycles. The van der Waals surface area contributed by atoms with Gasteiger partial charge in [-0.15, -0.1) is 0 Å². The third-order valence-electron chi connectivity index (χ3n) is 4.02. The molecule has 5 heteroatoms. The van der Waals surface area contributed by atoms with Crippen LogP contribution in [-0.2, 0) is 0 Å². The van der Waals surface area contributed by atoms with Crippen LogP contribution in [0.2, 0.25) is 5.02 Å². The standard InChI is InChI=1S/C17H27ClN2O2/c1-4-22-17-14(12(2)3)9-13(18)10-15(17)16(21)11-20-7-5-19-6-8-20/h9-10,12,16,19,21H,4-8,11H2,1-3H3. The highest BCUT2D eigenvalue weighted by Gasteiger charge is 2.22. The lowest BCUT2D eigenvalue weighted by Crippen LogP contribution is -2.45. The van der Waals surface area contributed by atoms with Crippen molar-refractivity contribution in [1.82, 2.24) is 10.2 Å². The number of halogens is 1. The van der Waals surface area contributed by atoms with E-state index in [1.54, 1.807) is 0 Å². The topological polar surface area (TPSA) is 44.7 Å². The quantitative estimate of drug-likeness (QED) is 0.843. The van der Waals surface area contributed by atoms with E-state index in [2.05, 4.69) is 24.1 Å². The normalized spacial score (nSPS) is 17.7. The number of rotatable bonds is 6. The molecular formula is C17H27ClN2O2. The van der Waals surface area contributed by atoms with Gasteiger partial charge in [0.1, 0.15) is 5.75 Å². The summed E-state index contributed by atoms with van der Waals surface area (Å²) in [6.07, 6.45) is -0.587. The average Bonchev–Trinajstić information content (AvgIpc) is 2.49. The van der Waals surface area contributed by atoms with E-state index in [4.69, 9.17) is 16.3 Å². The molecule has 4 nitrogen and oxygen atoms in total. The fraction of sp³-hybridized carbons (Fsp3) is 0.647. The van der Waals surface area contributed by atoms with Crippen molar-refractivity contribution in [3.8, 4) is 5.75 Å². The largest absolute Gasteiger partial charge is 0.493 e. The van der Waals surface area contributed by atoms with Crippen LogP contribution in [0.3, 0.4) is 0 Å². The zero-order valence-electron chi connectivity index (χ0n) is 13.7. The van der Waals surface area contributed by atoms with Crippen LogP contribution in [0.25, 0.3) is 0 Å². The highest BCUT2D eigenvalue weighted by Crippen LogP contribution is 2.37. The summed E-state index contributed by atoms with van der Waals surface area (Å²) in [5.74, 6) is 1.09. The number of ether oxygens (including phenoxy) is 1. The summed E-state index contributed by atoms with van der Waals surface area (Å²) in [4.78, 5) is 2.27. The van der Waals surface area contributed by atoms with Crippen molar-refractivity contribution in [2.75, 3.05) is 39.3 Å². The van der Waals surface area contributed by atoms with Crippen LogP contribution in [0.15, 0.2) is 12.1 Å². The van der Waals surface area contributed by atoms with E-state index in [0.717, 1.165) is 43.1 Å². The molecule has 0 spiro atoms. The molecule has 2 N–H and O–H groups in total. The molecule has 124 valence electrons. The van der Waals surface area contributed by atoms with Gasteiger partial charge >= 0.3 is 0 Å². The number of hydrogen-bond donors (Lipinski definition) is 2. The van der Waals surface area contributed by atoms with E-state index >= 15 is 0 Å². The van der Waals surface area contributed by atoms with Gasteiger partial charge in [0, 0.05) is 43.3 Å². The SMILES string of the molecule is CCOc1c(C(C)C)cc(Cl)cc1C(O)CN1CCNCC1. The Morgan fingerprint density at radius 3 is 2.50 bits per heavy atom. The number of nitrogens with zero attached hydrogens (tertiary/aromatic N) is 1. The number of aliphatic hydroxyl groups excluding tert-OH is 1. The monoisotopic (exact) mass is 326 g/mol. The second kappa shape index (κ2) is 8.16. The van der Waals surface area contributed by atoms with Crippen LogP contribution in [0, 0.1) is 0 Å². The van der Waals surface area contributed by atoms with Gasteiger partial charge in [-0.2, -0.15) is 0 Å². The fourth-order valence-corrected chi connectivity index (χ4v) is 3.10. The number of hydrogen-bond acceptors (Lipinski definition) is 4. The molecule has 1 fully saturated rings. The number of nitrogens with one attached hydrogen (secondary N) is 1. The van der Waals surface area contributed by atoms with E-state index in [1.165, 1.54) is 0 Å². The minimum absolute atomic E-state index is 0.297. The minimum atomic E-state index is -0.587. The van der Waals surface area contributed by atoms with Gasteiger partial charge in [-0.1, -0.05) is 25.4 Å². The maximum absolute atomic E-state index is 10.7. The summed E-state index contributed by atoms with van der Waals surface area (Å²) in [7, 11) is 0. The van der Waals surface area contributed by atoms with Crippen LogP contribution >= 0.6 is 11.6 Å². The number of β-amino-alcohol motifs (C(OH)–C–C–N with tert-alkyl or cyclic N) is 1. The highest BCUT2D eigenvalue weighted by atomic mass is 35.5. The molecular weight excluding hydrogens is 300 g/mol. The third-order valence-corrected chi connectivity index (χ3v) is 4.24. The summed E-state index contributed by atoms with van der Waals surface area (Å²) in [6.45, 7) is 11.2. The Hall–Kier alpha value is -0.810. The Labute approximate surface area is 138 Å². The molecule has 1 aliphatic heterocycles. The summed E-state index contributed by atoms with van der Waals surface area (Å²) < 4.78 is 5.85. The first-order valence-electron chi connectivity index (χ1n) is 8.10. The van der Waals surface area contributed by atoms with E-state index in [0.29, 0.717) is 24.1 Å². The summed E-state index contributed by atoms with van der Waals surface area (Å²) in [5, 5.41) is 14.7. The molecule has 1 aromatic rings. The fourth-order valence-electron chi connectivity index (χ4n) is 2.86. The van der Waals surface area contributed by atoms with Crippen molar-refractivity contribution in [3.05, 3.63) is 28.3 Å². The van der Waals surface area contributed by atoms with E-state index in [9.17, 15) is 5.11 Å². The summed E-state index contributed by atoms with van der Waals surface area (Å²) in [6, 6.07) is 3.78. The molecule has 0 amide bonds. The van der Waals surface area contributed by atoms with Gasteiger partial charge in [-0.3, -0.25) is 4.90 Å². The maximum atomic E-state index is 10.7. The molecule has 0 aliphatic carbocycles. The van der Waals surface area contributed by atoms with Gasteiger partial charge in [-0.05, 0) is 30.5 Å². The van der Waals surface area contributed by atoms with Gasteiger partial charge in [-0.25, -0.2) is 0 Å². The molecule has 1 saturated heterocycles. The zero-order chi connectivity index (χ0) is 16.1. The molecule has 0 aromatic heterocycles. The van der Waals surface area contributed by atoms with E-state index in [-0.39, 0.29) is 0 Å². The summed E-state index contributed by atoms with van der Waals surface area (Å²) in [5.41, 5.74) is 1.86. The number of aliphatic hydroxyl groups is 1. The first-order chi connectivity index (χ1) is 10.5. The molecule has 0 radical (unpaired) electrons. The van der Waals surface area contributed by atoms with Crippen molar-refractivity contribution >= 4 is 11.6 Å². The van der Waals surface area contributed by atoms with Crippen LogP contribution in [-0.4, -0.2) is 49.3 Å². The predicted octanol–water partition coefficient (Wildman–Crippen LogP) is 2.80.